The quantitative estimate of drug-likeness (QED) is 0.0223. The fourth-order valence-electron chi connectivity index (χ4n) is 12.6. The molecule has 0 radical (unpaired) electrons. The van der Waals surface area contributed by atoms with Crippen molar-refractivity contribution in [3.8, 4) is 0 Å². The predicted octanol–water partition coefficient (Wildman–Crippen LogP) is 19.9. The summed E-state index contributed by atoms with van der Waals surface area (Å²) in [5.74, 6) is 0.528. The predicted molar refractivity (Wildman–Crippen MR) is 383 cm³/mol. The fraction of sp³-hybridized carbons (Fsp3) is 0.354. The SMILES string of the molecule is CCCCCCCCCCCCCCCCCCOC[C@@H](COP(=O)(CO[C@H](COC(c1ccccc1)(c1ccccc1)c1ccccc1)Cn1cnc2c(NC(c3ccccc3)(c3ccccc3)c3ccccc3)ncnc21)OCc1ccccc1)OCc1ccccc1. The highest BCUT2D eigenvalue weighted by Gasteiger charge is 2.40. The maximum absolute atomic E-state index is 15.8. The first-order valence-corrected chi connectivity index (χ1v) is 36.4. The van der Waals surface area contributed by atoms with E-state index in [0.717, 1.165) is 57.3 Å². The number of nitrogens with zero attached hydrogens (tertiary/aromatic N) is 4. The zero-order valence-corrected chi connectivity index (χ0v) is 56.4. The molecule has 13 heteroatoms. The Hall–Kier alpha value is -7.90. The Morgan fingerprint density at radius 2 is 0.853 bits per heavy atom. The van der Waals surface area contributed by atoms with E-state index in [2.05, 4.69) is 121 Å². The van der Waals surface area contributed by atoms with Gasteiger partial charge in [0.2, 0.25) is 0 Å². The number of aromatic nitrogens is 4. The summed E-state index contributed by atoms with van der Waals surface area (Å²) in [6.45, 7) is 3.55. The lowest BCUT2D eigenvalue weighted by Crippen LogP contribution is -2.38. The monoisotopic (exact) mass is 1290 g/mol. The van der Waals surface area contributed by atoms with E-state index in [1.807, 2.05) is 138 Å². The van der Waals surface area contributed by atoms with E-state index in [4.69, 9.17) is 42.9 Å². The minimum atomic E-state index is -4.14. The van der Waals surface area contributed by atoms with Gasteiger partial charge in [0.1, 0.15) is 35.4 Å². The Balaban J connectivity index is 0.900. The minimum Gasteiger partial charge on any atom is -0.379 e. The van der Waals surface area contributed by atoms with Crippen molar-refractivity contribution in [2.24, 2.45) is 0 Å². The average molecular weight is 1290 g/mol. The molecule has 95 heavy (non-hydrogen) atoms. The van der Waals surface area contributed by atoms with Crippen LogP contribution in [-0.4, -0.2) is 64.5 Å². The van der Waals surface area contributed by atoms with Crippen molar-refractivity contribution in [1.29, 1.82) is 0 Å². The number of unbranched alkanes of at least 4 members (excludes halogenated alkanes) is 15. The lowest BCUT2D eigenvalue weighted by molar-refractivity contribution is -0.0671. The Labute approximate surface area is 564 Å². The zero-order chi connectivity index (χ0) is 65.3. The summed E-state index contributed by atoms with van der Waals surface area (Å²) in [6, 6.07) is 81.6. The van der Waals surface area contributed by atoms with Crippen molar-refractivity contribution in [3.05, 3.63) is 300 Å². The van der Waals surface area contributed by atoms with Gasteiger partial charge in [-0.2, -0.15) is 0 Å². The van der Waals surface area contributed by atoms with Gasteiger partial charge in [-0.3, -0.25) is 4.57 Å². The molecule has 0 bridgehead atoms. The summed E-state index contributed by atoms with van der Waals surface area (Å²) in [7, 11) is -4.14. The second kappa shape index (κ2) is 38.0. The molecule has 8 aromatic carbocycles. The second-order valence-corrected chi connectivity index (χ2v) is 26.7. The van der Waals surface area contributed by atoms with Crippen LogP contribution in [0.1, 0.15) is 154 Å². The molecule has 0 aliphatic rings. The first kappa shape index (κ1) is 69.9. The molecule has 0 saturated heterocycles. The molecule has 3 atom stereocenters. The first-order chi connectivity index (χ1) is 47.0. The van der Waals surface area contributed by atoms with Gasteiger partial charge >= 0.3 is 7.60 Å². The van der Waals surface area contributed by atoms with Gasteiger partial charge in [-0.15, -0.1) is 0 Å². The van der Waals surface area contributed by atoms with E-state index >= 15 is 4.57 Å². The summed E-state index contributed by atoms with van der Waals surface area (Å²) in [5, 5.41) is 3.93. The zero-order valence-electron chi connectivity index (χ0n) is 55.5. The molecule has 1 N–H and O–H groups in total. The fourth-order valence-corrected chi connectivity index (χ4v) is 13.9. The second-order valence-electron chi connectivity index (χ2n) is 24.7. The maximum Gasteiger partial charge on any atom is 0.356 e. The highest BCUT2D eigenvalue weighted by Crippen LogP contribution is 2.50. The molecule has 0 amide bonds. The number of hydrogen-bond donors (Lipinski definition) is 1. The van der Waals surface area contributed by atoms with Crippen LogP contribution < -0.4 is 5.32 Å². The number of rotatable bonds is 44. The molecule has 1 unspecified atom stereocenters. The van der Waals surface area contributed by atoms with E-state index in [9.17, 15) is 0 Å². The summed E-state index contributed by atoms with van der Waals surface area (Å²) in [6.07, 6.45) is 22.4. The lowest BCUT2D eigenvalue weighted by atomic mass is 9.77. The van der Waals surface area contributed by atoms with Crippen molar-refractivity contribution in [3.63, 3.8) is 0 Å². The molecule has 12 nitrogen and oxygen atoms in total. The first-order valence-electron chi connectivity index (χ1n) is 34.6. The molecule has 2 aromatic heterocycles. The largest absolute Gasteiger partial charge is 0.379 e. The third-order valence-corrected chi connectivity index (χ3v) is 19.3. The summed E-state index contributed by atoms with van der Waals surface area (Å²) in [4.78, 5) is 14.9. The van der Waals surface area contributed by atoms with Crippen LogP contribution in [0.5, 0.6) is 0 Å². The summed E-state index contributed by atoms with van der Waals surface area (Å²) in [5.41, 5.74) is 6.74. The average Bonchev–Trinajstić information content (AvgIpc) is 1.48. The number of hydrogen-bond acceptors (Lipinski definition) is 11. The molecular formula is C82H96N5O7P. The van der Waals surface area contributed by atoms with Crippen molar-refractivity contribution in [2.75, 3.05) is 38.1 Å². The van der Waals surface area contributed by atoms with Gasteiger partial charge in [-0.1, -0.05) is 346 Å². The highest BCUT2D eigenvalue weighted by atomic mass is 31.2. The van der Waals surface area contributed by atoms with Crippen LogP contribution in [0.15, 0.2) is 255 Å². The number of ether oxygens (including phenoxy) is 4. The van der Waals surface area contributed by atoms with Crippen LogP contribution in [0.2, 0.25) is 0 Å². The number of fused-ring (bicyclic) bond motifs is 1. The van der Waals surface area contributed by atoms with E-state index in [1.165, 1.54) is 89.9 Å². The van der Waals surface area contributed by atoms with Gasteiger partial charge in [0, 0.05) is 6.61 Å². The van der Waals surface area contributed by atoms with E-state index in [1.54, 1.807) is 12.7 Å². The Morgan fingerprint density at radius 1 is 0.432 bits per heavy atom. The summed E-state index contributed by atoms with van der Waals surface area (Å²) < 4.78 is 58.3. The molecule has 0 saturated carbocycles. The molecule has 0 aliphatic heterocycles. The normalized spacial score (nSPS) is 13.1. The van der Waals surface area contributed by atoms with Crippen LogP contribution in [-0.2, 0) is 63.5 Å². The standard InChI is InChI=1S/C82H96N5O7P/c1-2-3-4-5-6-7-8-9-10-11-12-13-14-15-16-41-58-89-62-77(90-60-68-42-25-17-26-43-68)64-94-95(88,93-61-69-44-27-18-28-45-69)67-91-76(63-92-82(73-52-35-22-36-53-73,74-54-37-23-38-55-74)75-56-39-24-40-57-75)59-87-66-85-78-79(83-65-84-80(78)87)86-81(70-46-29-19-30-47-70,71-48-31-20-32-49-71)72-50-33-21-34-51-72/h17-40,42-57,65-66,76-77H,2-16,41,58-64,67H2,1H3,(H,83,84,86)/t76-,77-,95?/m0/s1. The van der Waals surface area contributed by atoms with Crippen LogP contribution in [0.3, 0.4) is 0 Å². The third-order valence-electron chi connectivity index (χ3n) is 17.7. The number of anilines is 1. The van der Waals surface area contributed by atoms with Crippen molar-refractivity contribution >= 4 is 24.6 Å². The molecule has 0 fully saturated rings. The van der Waals surface area contributed by atoms with E-state index < -0.39 is 37.3 Å². The van der Waals surface area contributed by atoms with Gasteiger partial charge in [-0.05, 0) is 50.9 Å². The third kappa shape index (κ3) is 20.3. The van der Waals surface area contributed by atoms with Crippen LogP contribution in [0.25, 0.3) is 11.2 Å². The molecular weight excluding hydrogens is 1200 g/mol. The number of nitrogens with one attached hydrogen (secondary N) is 1. The number of imidazole rings is 1. The Morgan fingerprint density at radius 3 is 1.32 bits per heavy atom. The van der Waals surface area contributed by atoms with Gasteiger partial charge < -0.3 is 37.9 Å². The Kier molecular flexibility index (Phi) is 28.0. The number of benzene rings is 8. The van der Waals surface area contributed by atoms with E-state index in [-0.39, 0.29) is 33.0 Å². The van der Waals surface area contributed by atoms with Crippen molar-refractivity contribution in [1.82, 2.24) is 19.5 Å². The van der Waals surface area contributed by atoms with Crippen molar-refractivity contribution in [2.45, 2.75) is 153 Å². The van der Waals surface area contributed by atoms with Gasteiger partial charge in [0.05, 0.1) is 52.0 Å². The molecule has 10 rings (SSSR count). The van der Waals surface area contributed by atoms with E-state index in [0.29, 0.717) is 30.2 Å². The summed E-state index contributed by atoms with van der Waals surface area (Å²) >= 11 is 0. The van der Waals surface area contributed by atoms with Gasteiger partial charge in [0.15, 0.2) is 11.5 Å². The van der Waals surface area contributed by atoms with Crippen LogP contribution >= 0.6 is 7.60 Å². The van der Waals surface area contributed by atoms with Crippen LogP contribution in [0.4, 0.5) is 5.82 Å². The van der Waals surface area contributed by atoms with Crippen LogP contribution in [0, 0.1) is 0 Å². The smallest absolute Gasteiger partial charge is 0.356 e. The Bertz CT molecular complexity index is 3550. The van der Waals surface area contributed by atoms with Gasteiger partial charge in [0.25, 0.3) is 0 Å². The molecule has 496 valence electrons. The molecule has 2 heterocycles. The van der Waals surface area contributed by atoms with Gasteiger partial charge in [-0.25, -0.2) is 15.0 Å². The molecule has 0 spiro atoms. The maximum atomic E-state index is 15.8. The lowest BCUT2D eigenvalue weighted by Gasteiger charge is -2.37. The molecule has 10 aromatic rings. The topological polar surface area (TPSA) is 128 Å². The highest BCUT2D eigenvalue weighted by molar-refractivity contribution is 7.53. The minimum absolute atomic E-state index is 0.00235. The molecule has 0 aliphatic carbocycles. The van der Waals surface area contributed by atoms with Crippen molar-refractivity contribution < 1.29 is 32.6 Å².